The Bertz CT molecular complexity index is 431. The van der Waals surface area contributed by atoms with Crippen LogP contribution in [-0.4, -0.2) is 41.2 Å². The lowest BCUT2D eigenvalue weighted by Gasteiger charge is -2.17. The fraction of sp³-hybridized carbons (Fsp3) is 0.692. The first kappa shape index (κ1) is 16.2. The van der Waals surface area contributed by atoms with Crippen LogP contribution in [0.3, 0.4) is 0 Å². The SMILES string of the molecule is CCc1nn(CC)c(CN(C)CCC(=O)NC)c1Br. The maximum atomic E-state index is 11.2. The van der Waals surface area contributed by atoms with Gasteiger partial charge in [-0.15, -0.1) is 0 Å². The number of rotatable bonds is 7. The van der Waals surface area contributed by atoms with Crippen molar-refractivity contribution in [2.24, 2.45) is 0 Å². The van der Waals surface area contributed by atoms with Gasteiger partial charge in [-0.1, -0.05) is 6.92 Å². The molecule has 1 N–H and O–H groups in total. The van der Waals surface area contributed by atoms with Gasteiger partial charge in [-0.05, 0) is 36.3 Å². The van der Waals surface area contributed by atoms with E-state index in [1.807, 2.05) is 11.7 Å². The van der Waals surface area contributed by atoms with E-state index in [1.54, 1.807) is 7.05 Å². The van der Waals surface area contributed by atoms with Crippen LogP contribution in [0.4, 0.5) is 0 Å². The quantitative estimate of drug-likeness (QED) is 0.829. The Kier molecular flexibility index (Phi) is 6.51. The molecule has 0 saturated carbocycles. The molecule has 0 aliphatic carbocycles. The summed E-state index contributed by atoms with van der Waals surface area (Å²) in [5.74, 6) is 0.0733. The number of carbonyl (C=O) groups is 1. The van der Waals surface area contributed by atoms with Gasteiger partial charge in [0.2, 0.25) is 5.91 Å². The lowest BCUT2D eigenvalue weighted by Crippen LogP contribution is -2.27. The number of aromatic nitrogens is 2. The molecular weight excluding hydrogens is 308 g/mol. The Morgan fingerprint density at radius 2 is 2.16 bits per heavy atom. The maximum Gasteiger partial charge on any atom is 0.221 e. The van der Waals surface area contributed by atoms with Gasteiger partial charge in [0.25, 0.3) is 0 Å². The number of nitrogens with zero attached hydrogens (tertiary/aromatic N) is 3. The third kappa shape index (κ3) is 4.31. The van der Waals surface area contributed by atoms with Crippen LogP contribution in [-0.2, 0) is 24.3 Å². The zero-order valence-electron chi connectivity index (χ0n) is 12.2. The molecule has 1 heterocycles. The fourth-order valence-corrected chi connectivity index (χ4v) is 2.61. The molecule has 0 atom stereocenters. The second-order valence-corrected chi connectivity index (χ2v) is 5.33. The molecule has 5 nitrogen and oxygen atoms in total. The van der Waals surface area contributed by atoms with Gasteiger partial charge in [-0.25, -0.2) is 0 Å². The van der Waals surface area contributed by atoms with Crippen LogP contribution in [0.15, 0.2) is 4.47 Å². The molecule has 1 aromatic heterocycles. The number of hydrogen-bond acceptors (Lipinski definition) is 3. The number of amides is 1. The van der Waals surface area contributed by atoms with E-state index in [9.17, 15) is 4.79 Å². The summed E-state index contributed by atoms with van der Waals surface area (Å²) in [6.07, 6.45) is 1.44. The average molecular weight is 331 g/mol. The highest BCUT2D eigenvalue weighted by atomic mass is 79.9. The minimum Gasteiger partial charge on any atom is -0.359 e. The van der Waals surface area contributed by atoms with Crippen LogP contribution in [0.5, 0.6) is 0 Å². The van der Waals surface area contributed by atoms with Gasteiger partial charge >= 0.3 is 0 Å². The van der Waals surface area contributed by atoms with Gasteiger partial charge < -0.3 is 10.2 Å². The van der Waals surface area contributed by atoms with Gasteiger partial charge in [0.1, 0.15) is 0 Å². The van der Waals surface area contributed by atoms with E-state index in [-0.39, 0.29) is 5.91 Å². The number of halogens is 1. The number of hydrogen-bond donors (Lipinski definition) is 1. The topological polar surface area (TPSA) is 50.2 Å². The Labute approximate surface area is 123 Å². The van der Waals surface area contributed by atoms with Crippen molar-refractivity contribution in [2.45, 2.75) is 39.8 Å². The van der Waals surface area contributed by atoms with Crippen molar-refractivity contribution in [2.75, 3.05) is 20.6 Å². The zero-order chi connectivity index (χ0) is 14.4. The normalized spacial score (nSPS) is 11.1. The predicted octanol–water partition coefficient (Wildman–Crippen LogP) is 1.80. The largest absolute Gasteiger partial charge is 0.359 e. The molecule has 0 saturated heterocycles. The van der Waals surface area contributed by atoms with Crippen molar-refractivity contribution in [3.8, 4) is 0 Å². The second-order valence-electron chi connectivity index (χ2n) is 4.54. The zero-order valence-corrected chi connectivity index (χ0v) is 13.7. The molecule has 1 aromatic rings. The van der Waals surface area contributed by atoms with Crippen LogP contribution in [0.1, 0.15) is 31.7 Å². The van der Waals surface area contributed by atoms with Crippen molar-refractivity contribution in [3.05, 3.63) is 15.9 Å². The number of carbonyl (C=O) groups excluding carboxylic acids is 1. The number of aryl methyl sites for hydroxylation is 2. The molecule has 0 fully saturated rings. The van der Waals surface area contributed by atoms with Crippen LogP contribution in [0.25, 0.3) is 0 Å². The van der Waals surface area contributed by atoms with Crippen LogP contribution in [0, 0.1) is 0 Å². The van der Waals surface area contributed by atoms with E-state index in [0.717, 1.165) is 36.2 Å². The fourth-order valence-electron chi connectivity index (χ4n) is 1.92. The monoisotopic (exact) mass is 330 g/mol. The van der Waals surface area contributed by atoms with Gasteiger partial charge in [-0.3, -0.25) is 9.48 Å². The molecule has 19 heavy (non-hydrogen) atoms. The maximum absolute atomic E-state index is 11.2. The smallest absolute Gasteiger partial charge is 0.221 e. The van der Waals surface area contributed by atoms with Crippen molar-refractivity contribution in [1.29, 1.82) is 0 Å². The first-order valence-corrected chi connectivity index (χ1v) is 7.45. The van der Waals surface area contributed by atoms with Crippen molar-refractivity contribution < 1.29 is 4.79 Å². The lowest BCUT2D eigenvalue weighted by molar-refractivity contribution is -0.120. The highest BCUT2D eigenvalue weighted by Crippen LogP contribution is 2.23. The molecular formula is C13H23BrN4O. The van der Waals surface area contributed by atoms with Gasteiger partial charge in [-0.2, -0.15) is 5.10 Å². The molecule has 0 radical (unpaired) electrons. The Morgan fingerprint density at radius 1 is 1.47 bits per heavy atom. The molecule has 108 valence electrons. The van der Waals surface area contributed by atoms with Gasteiger partial charge in [0, 0.05) is 33.1 Å². The highest BCUT2D eigenvalue weighted by Gasteiger charge is 2.15. The highest BCUT2D eigenvalue weighted by molar-refractivity contribution is 9.10. The molecule has 0 bridgehead atoms. The molecule has 0 unspecified atom stereocenters. The summed E-state index contributed by atoms with van der Waals surface area (Å²) < 4.78 is 3.13. The molecule has 1 rings (SSSR count). The van der Waals surface area contributed by atoms with Crippen molar-refractivity contribution in [1.82, 2.24) is 20.0 Å². The van der Waals surface area contributed by atoms with Crippen molar-refractivity contribution >= 4 is 21.8 Å². The standard InChI is InChI=1S/C13H23BrN4O/c1-5-10-13(14)11(18(6-2)16-10)9-17(4)8-7-12(19)15-3/h5-9H2,1-4H3,(H,15,19). The average Bonchev–Trinajstić information content (AvgIpc) is 2.72. The Balaban J connectivity index is 2.70. The van der Waals surface area contributed by atoms with Crippen LogP contribution >= 0.6 is 15.9 Å². The second kappa shape index (κ2) is 7.65. The summed E-state index contributed by atoms with van der Waals surface area (Å²) >= 11 is 3.64. The Hall–Kier alpha value is -0.880. The summed E-state index contributed by atoms with van der Waals surface area (Å²) in [5.41, 5.74) is 2.27. The van der Waals surface area contributed by atoms with E-state index in [1.165, 1.54) is 5.69 Å². The molecule has 0 aliphatic rings. The molecule has 0 spiro atoms. The van der Waals surface area contributed by atoms with Crippen LogP contribution < -0.4 is 5.32 Å². The molecule has 6 heteroatoms. The van der Waals surface area contributed by atoms with Crippen molar-refractivity contribution in [3.63, 3.8) is 0 Å². The minimum absolute atomic E-state index is 0.0733. The predicted molar refractivity (Wildman–Crippen MR) is 80.0 cm³/mol. The summed E-state index contributed by atoms with van der Waals surface area (Å²) in [4.78, 5) is 13.4. The van der Waals surface area contributed by atoms with E-state index in [2.05, 4.69) is 45.1 Å². The molecule has 1 amide bonds. The molecule has 0 aliphatic heterocycles. The first-order chi connectivity index (χ1) is 9.03. The van der Waals surface area contributed by atoms with Gasteiger partial charge in [0.15, 0.2) is 0 Å². The third-order valence-electron chi connectivity index (χ3n) is 3.11. The summed E-state index contributed by atoms with van der Waals surface area (Å²) in [5, 5.41) is 7.21. The molecule has 0 aromatic carbocycles. The van der Waals surface area contributed by atoms with E-state index in [0.29, 0.717) is 6.42 Å². The first-order valence-electron chi connectivity index (χ1n) is 6.66. The number of nitrogens with one attached hydrogen (secondary N) is 1. The summed E-state index contributed by atoms with van der Waals surface area (Å²) in [6.45, 7) is 6.58. The lowest BCUT2D eigenvalue weighted by atomic mass is 10.3. The van der Waals surface area contributed by atoms with Crippen LogP contribution in [0.2, 0.25) is 0 Å². The van der Waals surface area contributed by atoms with Gasteiger partial charge in [0.05, 0.1) is 15.9 Å². The van der Waals surface area contributed by atoms with E-state index < -0.39 is 0 Å². The van der Waals surface area contributed by atoms with E-state index >= 15 is 0 Å². The Morgan fingerprint density at radius 3 is 2.68 bits per heavy atom. The third-order valence-corrected chi connectivity index (χ3v) is 4.03. The minimum atomic E-state index is 0.0733. The summed E-state index contributed by atoms with van der Waals surface area (Å²) in [6, 6.07) is 0. The summed E-state index contributed by atoms with van der Waals surface area (Å²) in [7, 11) is 3.69. The van der Waals surface area contributed by atoms with E-state index in [4.69, 9.17) is 0 Å².